The van der Waals surface area contributed by atoms with Crippen LogP contribution in [0.3, 0.4) is 0 Å². The molecule has 4 heteroatoms. The van der Waals surface area contributed by atoms with Crippen LogP contribution in [0.25, 0.3) is 0 Å². The number of carbonyl (C=O) groups excluding carboxylic acids is 1. The van der Waals surface area contributed by atoms with Crippen molar-refractivity contribution in [3.8, 4) is 0 Å². The SMILES string of the molecule is CC(C)[C@H]([NH2+]CC(=O)Nc1ccc(N2CCCC2)cc1)c1ccccc1. The summed E-state index contributed by atoms with van der Waals surface area (Å²) in [5, 5.41) is 5.15. The first-order valence-corrected chi connectivity index (χ1v) is 9.66. The van der Waals surface area contributed by atoms with Crippen LogP contribution >= 0.6 is 0 Å². The number of nitrogens with one attached hydrogen (secondary N) is 1. The summed E-state index contributed by atoms with van der Waals surface area (Å²) < 4.78 is 0. The zero-order chi connectivity index (χ0) is 18.4. The Labute approximate surface area is 156 Å². The number of amides is 1. The summed E-state index contributed by atoms with van der Waals surface area (Å²) in [5.41, 5.74) is 3.38. The number of carbonyl (C=O) groups is 1. The smallest absolute Gasteiger partial charge is 0.279 e. The van der Waals surface area contributed by atoms with Gasteiger partial charge in [-0.3, -0.25) is 4.79 Å². The highest BCUT2D eigenvalue weighted by Crippen LogP contribution is 2.22. The molecule has 1 heterocycles. The first-order chi connectivity index (χ1) is 12.6. The van der Waals surface area contributed by atoms with Crippen LogP contribution in [-0.4, -0.2) is 25.5 Å². The van der Waals surface area contributed by atoms with E-state index in [4.69, 9.17) is 0 Å². The highest BCUT2D eigenvalue weighted by Gasteiger charge is 2.20. The predicted octanol–water partition coefficient (Wildman–Crippen LogP) is 3.19. The van der Waals surface area contributed by atoms with Gasteiger partial charge in [0.15, 0.2) is 6.54 Å². The van der Waals surface area contributed by atoms with Gasteiger partial charge in [-0.05, 0) is 37.1 Å². The molecule has 3 N–H and O–H groups in total. The maximum atomic E-state index is 12.4. The fourth-order valence-electron chi connectivity index (χ4n) is 3.65. The van der Waals surface area contributed by atoms with E-state index in [1.807, 2.05) is 18.2 Å². The lowest BCUT2D eigenvalue weighted by Crippen LogP contribution is -2.88. The largest absolute Gasteiger partial charge is 0.372 e. The van der Waals surface area contributed by atoms with Gasteiger partial charge >= 0.3 is 0 Å². The van der Waals surface area contributed by atoms with Gasteiger partial charge in [-0.25, -0.2) is 0 Å². The van der Waals surface area contributed by atoms with Crippen LogP contribution in [-0.2, 0) is 4.79 Å². The van der Waals surface area contributed by atoms with Gasteiger partial charge in [-0.2, -0.15) is 0 Å². The summed E-state index contributed by atoms with van der Waals surface area (Å²) in [4.78, 5) is 14.8. The maximum absolute atomic E-state index is 12.4. The van der Waals surface area contributed by atoms with Crippen molar-refractivity contribution < 1.29 is 10.1 Å². The highest BCUT2D eigenvalue weighted by molar-refractivity contribution is 5.91. The molecule has 1 aliphatic heterocycles. The van der Waals surface area contributed by atoms with Crippen molar-refractivity contribution in [2.45, 2.75) is 32.7 Å². The molecule has 0 bridgehead atoms. The summed E-state index contributed by atoms with van der Waals surface area (Å²) in [6.45, 7) is 7.09. The quantitative estimate of drug-likeness (QED) is 0.804. The zero-order valence-corrected chi connectivity index (χ0v) is 15.8. The van der Waals surface area contributed by atoms with E-state index in [-0.39, 0.29) is 5.91 Å². The van der Waals surface area contributed by atoms with E-state index in [2.05, 4.69) is 65.8 Å². The molecule has 0 unspecified atom stereocenters. The molecule has 0 radical (unpaired) electrons. The fraction of sp³-hybridized carbons (Fsp3) is 0.409. The summed E-state index contributed by atoms with van der Waals surface area (Å²) in [6, 6.07) is 18.9. The third-order valence-corrected chi connectivity index (χ3v) is 5.08. The predicted molar refractivity (Wildman–Crippen MR) is 107 cm³/mol. The maximum Gasteiger partial charge on any atom is 0.279 e. The van der Waals surface area contributed by atoms with E-state index in [0.717, 1.165) is 18.8 Å². The highest BCUT2D eigenvalue weighted by atomic mass is 16.1. The molecule has 3 rings (SSSR count). The fourth-order valence-corrected chi connectivity index (χ4v) is 3.65. The van der Waals surface area contributed by atoms with Gasteiger partial charge in [0.2, 0.25) is 0 Å². The van der Waals surface area contributed by atoms with Gasteiger partial charge in [0, 0.05) is 35.9 Å². The second-order valence-electron chi connectivity index (χ2n) is 7.41. The Morgan fingerprint density at radius 3 is 2.31 bits per heavy atom. The van der Waals surface area contributed by atoms with Crippen molar-refractivity contribution in [1.29, 1.82) is 0 Å². The van der Waals surface area contributed by atoms with Crippen LogP contribution in [0.4, 0.5) is 11.4 Å². The minimum atomic E-state index is 0.0421. The lowest BCUT2D eigenvalue weighted by molar-refractivity contribution is -0.692. The Kier molecular flexibility index (Phi) is 6.29. The second kappa shape index (κ2) is 8.86. The van der Waals surface area contributed by atoms with Crippen molar-refractivity contribution in [2.75, 3.05) is 29.9 Å². The molecule has 0 aliphatic carbocycles. The molecule has 1 atom stereocenters. The topological polar surface area (TPSA) is 49.0 Å². The number of nitrogens with two attached hydrogens (primary N) is 1. The van der Waals surface area contributed by atoms with E-state index in [1.165, 1.54) is 24.1 Å². The molecule has 1 aliphatic rings. The molecular formula is C22H30N3O+. The molecule has 26 heavy (non-hydrogen) atoms. The zero-order valence-electron chi connectivity index (χ0n) is 15.8. The van der Waals surface area contributed by atoms with Crippen LogP contribution in [0, 0.1) is 5.92 Å². The third-order valence-electron chi connectivity index (χ3n) is 5.08. The molecule has 0 aromatic heterocycles. The summed E-state index contributed by atoms with van der Waals surface area (Å²) in [7, 11) is 0. The standard InChI is InChI=1S/C22H29N3O/c1-17(2)22(18-8-4-3-5-9-18)23-16-21(26)24-19-10-12-20(13-11-19)25-14-6-7-15-25/h3-5,8-13,17,22-23H,6-7,14-16H2,1-2H3,(H,24,26)/p+1/t22-/m0/s1. The van der Waals surface area contributed by atoms with Crippen LogP contribution in [0.15, 0.2) is 54.6 Å². The summed E-state index contributed by atoms with van der Waals surface area (Å²) in [5.74, 6) is 0.505. The minimum Gasteiger partial charge on any atom is -0.372 e. The molecular weight excluding hydrogens is 322 g/mol. The van der Waals surface area contributed by atoms with E-state index >= 15 is 0 Å². The number of rotatable bonds is 7. The third kappa shape index (κ3) is 4.85. The molecule has 1 saturated heterocycles. The Morgan fingerprint density at radius 2 is 1.69 bits per heavy atom. The van der Waals surface area contributed by atoms with E-state index in [9.17, 15) is 4.79 Å². The molecule has 0 saturated carbocycles. The molecule has 138 valence electrons. The van der Waals surface area contributed by atoms with Gasteiger partial charge in [-0.1, -0.05) is 44.2 Å². The van der Waals surface area contributed by atoms with Crippen LogP contribution < -0.4 is 15.5 Å². The monoisotopic (exact) mass is 352 g/mol. The molecule has 1 amide bonds. The van der Waals surface area contributed by atoms with Gasteiger partial charge in [-0.15, -0.1) is 0 Å². The van der Waals surface area contributed by atoms with E-state index in [1.54, 1.807) is 0 Å². The number of anilines is 2. The van der Waals surface area contributed by atoms with Gasteiger partial charge in [0.05, 0.1) is 0 Å². The Hall–Kier alpha value is -2.33. The minimum absolute atomic E-state index is 0.0421. The second-order valence-corrected chi connectivity index (χ2v) is 7.41. The van der Waals surface area contributed by atoms with E-state index < -0.39 is 0 Å². The normalized spacial score (nSPS) is 15.3. The van der Waals surface area contributed by atoms with Crippen LogP contribution in [0.1, 0.15) is 38.3 Å². The van der Waals surface area contributed by atoms with Crippen LogP contribution in [0.5, 0.6) is 0 Å². The average Bonchev–Trinajstić information content (AvgIpc) is 3.18. The molecule has 4 nitrogen and oxygen atoms in total. The number of nitrogens with zero attached hydrogens (tertiary/aromatic N) is 1. The summed E-state index contributed by atoms with van der Waals surface area (Å²) in [6.07, 6.45) is 2.54. The number of benzene rings is 2. The average molecular weight is 353 g/mol. The summed E-state index contributed by atoms with van der Waals surface area (Å²) >= 11 is 0. The Morgan fingerprint density at radius 1 is 1.04 bits per heavy atom. The lowest BCUT2D eigenvalue weighted by atomic mass is 9.96. The van der Waals surface area contributed by atoms with Crippen molar-refractivity contribution >= 4 is 17.3 Å². The van der Waals surface area contributed by atoms with E-state index in [0.29, 0.717) is 18.5 Å². The molecule has 2 aromatic carbocycles. The van der Waals surface area contributed by atoms with Gasteiger partial charge in [0.25, 0.3) is 5.91 Å². The lowest BCUT2D eigenvalue weighted by Gasteiger charge is -2.20. The van der Waals surface area contributed by atoms with Crippen molar-refractivity contribution in [2.24, 2.45) is 5.92 Å². The van der Waals surface area contributed by atoms with Crippen molar-refractivity contribution in [3.05, 3.63) is 60.2 Å². The Bertz CT molecular complexity index is 691. The number of hydrogen-bond donors (Lipinski definition) is 2. The van der Waals surface area contributed by atoms with Crippen molar-refractivity contribution in [3.63, 3.8) is 0 Å². The van der Waals surface area contributed by atoms with Gasteiger partial charge in [0.1, 0.15) is 6.04 Å². The molecule has 0 spiro atoms. The van der Waals surface area contributed by atoms with Crippen LogP contribution in [0.2, 0.25) is 0 Å². The molecule has 2 aromatic rings. The van der Waals surface area contributed by atoms with Gasteiger partial charge < -0.3 is 15.5 Å². The Balaban J connectivity index is 1.53. The number of quaternary nitrogens is 1. The number of hydrogen-bond acceptors (Lipinski definition) is 2. The first-order valence-electron chi connectivity index (χ1n) is 9.66. The van der Waals surface area contributed by atoms with Crippen molar-refractivity contribution in [1.82, 2.24) is 0 Å². The first kappa shape index (κ1) is 18.5. The molecule has 1 fully saturated rings.